The van der Waals surface area contributed by atoms with Gasteiger partial charge in [-0.1, -0.05) is 6.07 Å². The lowest BCUT2D eigenvalue weighted by molar-refractivity contribution is -0.144. The molecule has 0 bridgehead atoms. The highest BCUT2D eigenvalue weighted by Gasteiger charge is 2.35. The van der Waals surface area contributed by atoms with E-state index in [0.29, 0.717) is 35.6 Å². The number of benzene rings is 1. The maximum atomic E-state index is 14.2. The zero-order valence-electron chi connectivity index (χ0n) is 22.2. The van der Waals surface area contributed by atoms with Crippen LogP contribution in [0.15, 0.2) is 34.9 Å². The number of piperidine rings is 1. The van der Waals surface area contributed by atoms with Gasteiger partial charge in [-0.25, -0.2) is 28.7 Å². The second-order valence-electron chi connectivity index (χ2n) is 9.17. The van der Waals surface area contributed by atoms with Crippen molar-refractivity contribution in [3.8, 4) is 23.0 Å². The number of nitrogens with zero attached hydrogens (tertiary/aromatic N) is 7. The zero-order valence-corrected chi connectivity index (χ0v) is 21.2. The molecule has 1 aromatic carbocycles. The topological polar surface area (TPSA) is 111 Å². The maximum absolute atomic E-state index is 14.2. The fraction of sp³-hybridized carbons (Fsp3) is 0.346. The number of rotatable bonds is 5. The highest BCUT2D eigenvalue weighted by Crippen LogP contribution is 2.36. The van der Waals surface area contributed by atoms with E-state index >= 15 is 0 Å². The molecule has 1 unspecified atom stereocenters. The molecule has 0 spiro atoms. The van der Waals surface area contributed by atoms with Gasteiger partial charge in [-0.15, -0.1) is 10.2 Å². The van der Waals surface area contributed by atoms with Gasteiger partial charge in [-0.3, -0.25) is 4.79 Å². The Labute approximate surface area is 225 Å². The third kappa shape index (κ3) is 5.51. The molecule has 1 aliphatic rings. The van der Waals surface area contributed by atoms with E-state index < -0.39 is 41.5 Å². The number of hydrogen-bond donors (Lipinski definition) is 0. The van der Waals surface area contributed by atoms with Crippen LogP contribution in [0.5, 0.6) is 0 Å². The molecule has 208 valence electrons. The molecule has 40 heavy (non-hydrogen) atoms. The van der Waals surface area contributed by atoms with Crippen LogP contribution in [0.1, 0.15) is 48.7 Å². The van der Waals surface area contributed by atoms with Crippen molar-refractivity contribution in [3.05, 3.63) is 70.7 Å². The van der Waals surface area contributed by atoms with Gasteiger partial charge in [0.25, 0.3) is 11.8 Å². The van der Waals surface area contributed by atoms with Crippen LogP contribution in [0, 0.1) is 25.5 Å². The molecule has 3 aromatic heterocycles. The van der Waals surface area contributed by atoms with Gasteiger partial charge < -0.3 is 9.32 Å². The van der Waals surface area contributed by atoms with Crippen molar-refractivity contribution in [3.63, 3.8) is 0 Å². The van der Waals surface area contributed by atoms with E-state index in [-0.39, 0.29) is 36.5 Å². The summed E-state index contributed by atoms with van der Waals surface area (Å²) in [6.45, 7) is 3.81. The molecule has 1 amide bonds. The Hall–Kier alpha value is -4.36. The van der Waals surface area contributed by atoms with Gasteiger partial charge in [-0.05, 0) is 44.9 Å². The predicted molar refractivity (Wildman–Crippen MR) is 129 cm³/mol. The van der Waals surface area contributed by atoms with E-state index in [0.717, 1.165) is 18.3 Å². The zero-order chi connectivity index (χ0) is 29.5. The Bertz CT molecular complexity index is 1590. The molecule has 1 fully saturated rings. The minimum absolute atomic E-state index is 0.0144. The number of aryl methyl sites for hydroxylation is 2. The molecule has 0 radical (unpaired) electrons. The summed E-state index contributed by atoms with van der Waals surface area (Å²) in [7, 11) is 0. The standard InChI is InChI=1S/C26H22F5N7O2/c1-13-21(24-37-36-23(40-24)19-6-9-32-25(35-19)26(29,30)31)22(34-14(2)33-13)15-7-10-38(11-8-15)20(39)12-16-17(27)4-3-5-18(16)28/h3-6,9,15H,7-8,10-12H2,1-2H3/i12D. The van der Waals surface area contributed by atoms with Crippen LogP contribution in [0.2, 0.25) is 0 Å². The van der Waals surface area contributed by atoms with E-state index in [1.54, 1.807) is 13.8 Å². The first-order valence-corrected chi connectivity index (χ1v) is 12.2. The smallest absolute Gasteiger partial charge is 0.414 e. The lowest BCUT2D eigenvalue weighted by atomic mass is 9.89. The van der Waals surface area contributed by atoms with Crippen molar-refractivity contribution < 1.29 is 32.5 Å². The Morgan fingerprint density at radius 2 is 1.73 bits per heavy atom. The monoisotopic (exact) mass is 560 g/mol. The van der Waals surface area contributed by atoms with Crippen LogP contribution < -0.4 is 0 Å². The first-order valence-electron chi connectivity index (χ1n) is 12.8. The molecular formula is C26H22F5N7O2. The Balaban J connectivity index is 1.38. The second kappa shape index (κ2) is 10.7. The van der Waals surface area contributed by atoms with Crippen LogP contribution in [-0.4, -0.2) is 54.0 Å². The summed E-state index contributed by atoms with van der Waals surface area (Å²) in [6, 6.07) is 4.39. The van der Waals surface area contributed by atoms with Crippen LogP contribution in [0.3, 0.4) is 0 Å². The van der Waals surface area contributed by atoms with Crippen molar-refractivity contribution in [2.24, 2.45) is 0 Å². The molecule has 0 N–H and O–H groups in total. The van der Waals surface area contributed by atoms with Gasteiger partial charge in [-0.2, -0.15) is 13.2 Å². The fourth-order valence-electron chi connectivity index (χ4n) is 4.58. The summed E-state index contributed by atoms with van der Waals surface area (Å²) in [5, 5.41) is 7.89. The Morgan fingerprint density at radius 1 is 1.05 bits per heavy atom. The molecule has 14 heteroatoms. The number of likely N-dealkylation sites (tertiary alicyclic amines) is 1. The summed E-state index contributed by atoms with van der Waals surface area (Å²) in [4.78, 5) is 30.0. The number of carbonyl (C=O) groups excluding carboxylic acids is 1. The molecule has 0 saturated carbocycles. The third-order valence-electron chi connectivity index (χ3n) is 6.46. The van der Waals surface area contributed by atoms with Gasteiger partial charge in [0, 0.05) is 32.1 Å². The number of alkyl halides is 3. The van der Waals surface area contributed by atoms with Crippen molar-refractivity contribution in [1.29, 1.82) is 0 Å². The summed E-state index contributed by atoms with van der Waals surface area (Å²) >= 11 is 0. The minimum atomic E-state index is -4.76. The molecule has 9 nitrogen and oxygen atoms in total. The molecule has 1 aliphatic heterocycles. The molecule has 1 saturated heterocycles. The largest absolute Gasteiger partial charge is 0.451 e. The van der Waals surface area contributed by atoms with Gasteiger partial charge in [0.1, 0.15) is 23.2 Å². The summed E-state index contributed by atoms with van der Waals surface area (Å²) in [6.07, 6.45) is -4.75. The van der Waals surface area contributed by atoms with E-state index in [2.05, 4.69) is 30.1 Å². The Kier molecular flexibility index (Phi) is 6.90. The molecule has 5 rings (SSSR count). The van der Waals surface area contributed by atoms with Crippen molar-refractivity contribution in [2.75, 3.05) is 13.1 Å². The fourth-order valence-corrected chi connectivity index (χ4v) is 4.58. The predicted octanol–water partition coefficient (Wildman–Crippen LogP) is 4.85. The van der Waals surface area contributed by atoms with E-state index in [9.17, 15) is 26.7 Å². The maximum Gasteiger partial charge on any atom is 0.451 e. The lowest BCUT2D eigenvalue weighted by Crippen LogP contribution is -2.39. The van der Waals surface area contributed by atoms with Gasteiger partial charge in [0.2, 0.25) is 11.7 Å². The van der Waals surface area contributed by atoms with Gasteiger partial charge in [0.05, 0.1) is 23.3 Å². The summed E-state index contributed by atoms with van der Waals surface area (Å²) in [5.74, 6) is -3.99. The quantitative estimate of drug-likeness (QED) is 0.319. The van der Waals surface area contributed by atoms with Crippen LogP contribution in [-0.2, 0) is 17.4 Å². The molecular weight excluding hydrogens is 537 g/mol. The lowest BCUT2D eigenvalue weighted by Gasteiger charge is -2.32. The first-order chi connectivity index (χ1) is 19.4. The number of amides is 1. The molecule has 4 aromatic rings. The van der Waals surface area contributed by atoms with E-state index in [1.807, 2.05) is 0 Å². The average Bonchev–Trinajstić information content (AvgIpc) is 3.41. The van der Waals surface area contributed by atoms with Crippen LogP contribution in [0.25, 0.3) is 23.0 Å². The van der Waals surface area contributed by atoms with Crippen LogP contribution >= 0.6 is 0 Å². The van der Waals surface area contributed by atoms with Gasteiger partial charge >= 0.3 is 6.18 Å². The number of hydrogen-bond acceptors (Lipinski definition) is 8. The van der Waals surface area contributed by atoms with Gasteiger partial charge in [0.15, 0.2) is 0 Å². The number of halogens is 5. The SMILES string of the molecule is [2H]C(C(=O)N1CCC(c2nc(C)nc(C)c2-c2nnc(-c3ccnc(C(F)(F)F)n3)o2)CC1)c1c(F)cccc1F. The average molecular weight is 561 g/mol. The molecule has 1 atom stereocenters. The molecule has 4 heterocycles. The first kappa shape index (κ1) is 25.9. The normalized spacial score (nSPS) is 15.7. The van der Waals surface area contributed by atoms with Crippen LogP contribution in [0.4, 0.5) is 22.0 Å². The minimum Gasteiger partial charge on any atom is -0.414 e. The highest BCUT2D eigenvalue weighted by molar-refractivity contribution is 5.79. The number of carbonyl (C=O) groups is 1. The van der Waals surface area contributed by atoms with Crippen molar-refractivity contribution in [1.82, 2.24) is 35.0 Å². The summed E-state index contributed by atoms with van der Waals surface area (Å²) in [5.41, 5.74) is 0.666. The molecule has 0 aliphatic carbocycles. The second-order valence-corrected chi connectivity index (χ2v) is 9.17. The van der Waals surface area contributed by atoms with E-state index in [1.165, 1.54) is 17.0 Å². The highest BCUT2D eigenvalue weighted by atomic mass is 19.4. The number of aromatic nitrogens is 6. The van der Waals surface area contributed by atoms with Crippen molar-refractivity contribution >= 4 is 5.91 Å². The summed E-state index contributed by atoms with van der Waals surface area (Å²) < 4.78 is 81.4. The Morgan fingerprint density at radius 3 is 2.40 bits per heavy atom. The van der Waals surface area contributed by atoms with E-state index in [4.69, 9.17) is 5.79 Å². The third-order valence-corrected chi connectivity index (χ3v) is 6.46. The van der Waals surface area contributed by atoms with Crippen molar-refractivity contribution in [2.45, 2.75) is 45.2 Å².